The summed E-state index contributed by atoms with van der Waals surface area (Å²) in [4.78, 5) is 61.4. The molecule has 12 nitrogen and oxygen atoms in total. The molecule has 200 valence electrons. The molecule has 0 saturated carbocycles. The van der Waals surface area contributed by atoms with Crippen LogP contribution in [-0.2, 0) is 30.4 Å². The number of nitrogens with two attached hydrogens (primary N) is 3. The maximum absolute atomic E-state index is 13.2. The molecule has 0 heterocycles. The summed E-state index contributed by atoms with van der Waals surface area (Å²) in [5, 5.41) is 16.9. The highest BCUT2D eigenvalue weighted by Gasteiger charge is 2.30. The van der Waals surface area contributed by atoms with Gasteiger partial charge in [-0.3, -0.25) is 19.2 Å². The number of rotatable bonds is 17. The zero-order valence-electron chi connectivity index (χ0n) is 20.0. The zero-order valence-corrected chi connectivity index (χ0v) is 20.9. The first-order valence-corrected chi connectivity index (χ1v) is 12.2. The second-order valence-electron chi connectivity index (χ2n) is 8.29. The molecule has 13 heteroatoms. The molecular weight excluding hydrogens is 488 g/mol. The Balaban J connectivity index is 3.07. The number of unbranched alkanes of at least 4 members (excludes halogenated alkanes) is 1. The molecule has 0 fully saturated rings. The quantitative estimate of drug-likeness (QED) is 0.0875. The molecule has 0 aliphatic carbocycles. The molecule has 1 rings (SSSR count). The largest absolute Gasteiger partial charge is 0.480 e. The number of hydrogen-bond acceptors (Lipinski definition) is 8. The molecule has 10 N–H and O–H groups in total. The molecule has 0 spiro atoms. The number of aliphatic carboxylic acids is 1. The van der Waals surface area contributed by atoms with Crippen molar-refractivity contribution in [1.82, 2.24) is 16.0 Å². The lowest BCUT2D eigenvalue weighted by atomic mass is 10.0. The van der Waals surface area contributed by atoms with Gasteiger partial charge in [-0.25, -0.2) is 4.79 Å². The molecular formula is C23H36N6O6S. The smallest absolute Gasteiger partial charge is 0.326 e. The van der Waals surface area contributed by atoms with Crippen molar-refractivity contribution >= 4 is 42.2 Å². The number of amides is 4. The number of carbonyl (C=O) groups is 5. The maximum Gasteiger partial charge on any atom is 0.326 e. The molecule has 4 amide bonds. The summed E-state index contributed by atoms with van der Waals surface area (Å²) < 4.78 is 0. The van der Waals surface area contributed by atoms with Gasteiger partial charge >= 0.3 is 5.97 Å². The summed E-state index contributed by atoms with van der Waals surface area (Å²) in [5.41, 5.74) is 17.1. The van der Waals surface area contributed by atoms with Gasteiger partial charge in [0.1, 0.15) is 18.1 Å². The van der Waals surface area contributed by atoms with Gasteiger partial charge < -0.3 is 38.3 Å². The van der Waals surface area contributed by atoms with Crippen LogP contribution in [0.5, 0.6) is 0 Å². The van der Waals surface area contributed by atoms with E-state index < -0.39 is 53.8 Å². The number of primary amides is 1. The van der Waals surface area contributed by atoms with Crippen molar-refractivity contribution in [3.8, 4) is 0 Å². The van der Waals surface area contributed by atoms with Crippen molar-refractivity contribution in [2.24, 2.45) is 17.2 Å². The fourth-order valence-electron chi connectivity index (χ4n) is 3.27. The van der Waals surface area contributed by atoms with Crippen LogP contribution in [0, 0.1) is 0 Å². The van der Waals surface area contributed by atoms with Gasteiger partial charge in [0.05, 0.1) is 6.04 Å². The number of thiol groups is 1. The van der Waals surface area contributed by atoms with Crippen LogP contribution in [0.1, 0.15) is 37.7 Å². The molecule has 0 saturated heterocycles. The van der Waals surface area contributed by atoms with Crippen LogP contribution in [0.3, 0.4) is 0 Å². The molecule has 1 aromatic carbocycles. The van der Waals surface area contributed by atoms with Crippen molar-refractivity contribution in [1.29, 1.82) is 0 Å². The van der Waals surface area contributed by atoms with Crippen LogP contribution < -0.4 is 33.2 Å². The predicted octanol–water partition coefficient (Wildman–Crippen LogP) is -1.58. The fourth-order valence-corrected chi connectivity index (χ4v) is 3.44. The van der Waals surface area contributed by atoms with Gasteiger partial charge in [-0.2, -0.15) is 12.6 Å². The van der Waals surface area contributed by atoms with Crippen molar-refractivity contribution in [2.75, 3.05) is 12.3 Å². The minimum absolute atomic E-state index is 0.0515. The monoisotopic (exact) mass is 524 g/mol. The Morgan fingerprint density at radius 1 is 0.861 bits per heavy atom. The second kappa shape index (κ2) is 16.5. The van der Waals surface area contributed by atoms with Gasteiger partial charge in [0.2, 0.25) is 23.6 Å². The van der Waals surface area contributed by atoms with Crippen LogP contribution in [0.15, 0.2) is 30.3 Å². The average molecular weight is 525 g/mol. The third kappa shape index (κ3) is 11.5. The van der Waals surface area contributed by atoms with E-state index in [1.807, 2.05) is 0 Å². The SMILES string of the molecule is NCCCCC(NC(=O)C(CCC(N)=O)NC(=O)C(Cc1ccccc1)NC(=O)C(N)CS)C(=O)O. The lowest BCUT2D eigenvalue weighted by molar-refractivity contribution is -0.142. The molecule has 0 aliphatic heterocycles. The maximum atomic E-state index is 13.2. The number of carboxylic acid groups (broad SMARTS) is 1. The van der Waals surface area contributed by atoms with E-state index in [1.54, 1.807) is 30.3 Å². The normalized spacial score (nSPS) is 14.1. The summed E-state index contributed by atoms with van der Waals surface area (Å²) in [6.45, 7) is 0.378. The van der Waals surface area contributed by atoms with E-state index >= 15 is 0 Å². The van der Waals surface area contributed by atoms with Crippen molar-refractivity contribution in [3.63, 3.8) is 0 Å². The Morgan fingerprint density at radius 3 is 2.00 bits per heavy atom. The Morgan fingerprint density at radius 2 is 1.44 bits per heavy atom. The lowest BCUT2D eigenvalue weighted by Gasteiger charge is -2.25. The van der Waals surface area contributed by atoms with E-state index in [9.17, 15) is 29.1 Å². The molecule has 0 aliphatic rings. The molecule has 0 radical (unpaired) electrons. The van der Waals surface area contributed by atoms with Gasteiger partial charge in [-0.15, -0.1) is 0 Å². The predicted molar refractivity (Wildman–Crippen MR) is 137 cm³/mol. The number of carboxylic acids is 1. The molecule has 4 atom stereocenters. The van der Waals surface area contributed by atoms with Crippen molar-refractivity contribution < 1.29 is 29.1 Å². The molecule has 4 unspecified atom stereocenters. The topological polar surface area (TPSA) is 220 Å². The highest BCUT2D eigenvalue weighted by atomic mass is 32.1. The van der Waals surface area contributed by atoms with Crippen LogP contribution in [0.2, 0.25) is 0 Å². The Kier molecular flexibility index (Phi) is 14.1. The van der Waals surface area contributed by atoms with Gasteiger partial charge in [-0.05, 0) is 37.8 Å². The Bertz CT molecular complexity index is 887. The minimum Gasteiger partial charge on any atom is -0.480 e. The minimum atomic E-state index is -1.27. The van der Waals surface area contributed by atoms with Gasteiger partial charge in [0, 0.05) is 18.6 Å². The third-order valence-corrected chi connectivity index (χ3v) is 5.72. The van der Waals surface area contributed by atoms with Crippen LogP contribution in [0.25, 0.3) is 0 Å². The van der Waals surface area contributed by atoms with Gasteiger partial charge in [0.25, 0.3) is 0 Å². The number of carbonyl (C=O) groups excluding carboxylic acids is 4. The first-order chi connectivity index (χ1) is 17.1. The molecule has 36 heavy (non-hydrogen) atoms. The zero-order chi connectivity index (χ0) is 27.1. The first-order valence-electron chi connectivity index (χ1n) is 11.6. The highest BCUT2D eigenvalue weighted by Crippen LogP contribution is 2.07. The molecule has 1 aromatic rings. The highest BCUT2D eigenvalue weighted by molar-refractivity contribution is 7.80. The van der Waals surface area contributed by atoms with E-state index in [-0.39, 0.29) is 31.4 Å². The summed E-state index contributed by atoms with van der Waals surface area (Å²) >= 11 is 4.00. The van der Waals surface area contributed by atoms with Gasteiger partial charge in [0.15, 0.2) is 0 Å². The Hall–Kier alpha value is -3.16. The average Bonchev–Trinajstić information content (AvgIpc) is 2.85. The summed E-state index contributed by atoms with van der Waals surface area (Å²) in [7, 11) is 0. The first kappa shape index (κ1) is 30.9. The number of nitrogens with one attached hydrogen (secondary N) is 3. The Labute approximate surface area is 215 Å². The van der Waals surface area contributed by atoms with E-state index in [2.05, 4.69) is 28.6 Å². The third-order valence-electron chi connectivity index (χ3n) is 5.32. The number of benzene rings is 1. The van der Waals surface area contributed by atoms with Crippen LogP contribution in [0.4, 0.5) is 0 Å². The van der Waals surface area contributed by atoms with Gasteiger partial charge in [-0.1, -0.05) is 30.3 Å². The summed E-state index contributed by atoms with van der Waals surface area (Å²) in [5.74, 6) is -4.00. The standard InChI is InChI=1S/C23H36N6O6S/c24-11-5-4-8-17(23(34)35)28-21(32)16(9-10-19(26)30)27-22(33)18(29-20(31)15(25)13-36)12-14-6-2-1-3-7-14/h1-3,6-7,15-18,36H,4-5,8-13,24-25H2,(H2,26,30)(H,27,33)(H,28,32)(H,29,31)(H,34,35). The number of hydrogen-bond donors (Lipinski definition) is 8. The molecule has 0 bridgehead atoms. The second-order valence-corrected chi connectivity index (χ2v) is 8.66. The lowest BCUT2D eigenvalue weighted by Crippen LogP contribution is -2.57. The van der Waals surface area contributed by atoms with E-state index in [4.69, 9.17) is 17.2 Å². The fraction of sp³-hybridized carbons (Fsp3) is 0.522. The molecule has 0 aromatic heterocycles. The van der Waals surface area contributed by atoms with Crippen LogP contribution in [-0.4, -0.2) is 71.2 Å². The summed E-state index contributed by atoms with van der Waals surface area (Å²) in [6, 6.07) is 4.33. The van der Waals surface area contributed by atoms with E-state index in [0.29, 0.717) is 19.4 Å². The van der Waals surface area contributed by atoms with Crippen molar-refractivity contribution in [2.45, 2.75) is 62.7 Å². The van der Waals surface area contributed by atoms with E-state index in [0.717, 1.165) is 5.56 Å². The van der Waals surface area contributed by atoms with Crippen LogP contribution >= 0.6 is 12.6 Å². The summed E-state index contributed by atoms with van der Waals surface area (Å²) in [6.07, 6.45) is 0.898. The van der Waals surface area contributed by atoms with E-state index in [1.165, 1.54) is 0 Å². The van der Waals surface area contributed by atoms with Crippen molar-refractivity contribution in [3.05, 3.63) is 35.9 Å².